The Kier molecular flexibility index (Phi) is 8.30. The molecule has 0 N–H and O–H groups in total. The highest BCUT2D eigenvalue weighted by molar-refractivity contribution is 6.24. The molecule has 1 atom stereocenters. The summed E-state index contributed by atoms with van der Waals surface area (Å²) < 4.78 is 0. The van der Waals surface area contributed by atoms with Crippen molar-refractivity contribution in [1.29, 1.82) is 0 Å². The first-order chi connectivity index (χ1) is 9.56. The van der Waals surface area contributed by atoms with Crippen LogP contribution in [0.1, 0.15) is 71.3 Å². The van der Waals surface area contributed by atoms with Crippen LogP contribution in [0.4, 0.5) is 0 Å². The summed E-state index contributed by atoms with van der Waals surface area (Å²) in [5.74, 6) is 0.659. The summed E-state index contributed by atoms with van der Waals surface area (Å²) in [6.45, 7) is 6.82. The van der Waals surface area contributed by atoms with Gasteiger partial charge in [0, 0.05) is 4.87 Å². The van der Waals surface area contributed by atoms with Crippen molar-refractivity contribution in [3.05, 3.63) is 35.9 Å². The van der Waals surface area contributed by atoms with Gasteiger partial charge in [-0.25, -0.2) is 0 Å². The lowest BCUT2D eigenvalue weighted by molar-refractivity contribution is 0.399. The fourth-order valence-electron chi connectivity index (χ4n) is 3.00. The number of hydrogen-bond acceptors (Lipinski definition) is 0. The Bertz CT molecular complexity index is 344. The second-order valence-electron chi connectivity index (χ2n) is 6.58. The van der Waals surface area contributed by atoms with Crippen molar-refractivity contribution in [3.63, 3.8) is 0 Å². The van der Waals surface area contributed by atoms with E-state index in [9.17, 15) is 0 Å². The minimum absolute atomic E-state index is 0.0538. The Morgan fingerprint density at radius 2 is 1.65 bits per heavy atom. The first kappa shape index (κ1) is 17.6. The van der Waals surface area contributed by atoms with Crippen LogP contribution in [0.3, 0.4) is 0 Å². The Balaban J connectivity index is 2.52. The molecule has 114 valence electrons. The van der Waals surface area contributed by atoms with Crippen molar-refractivity contribution in [2.24, 2.45) is 5.92 Å². The maximum absolute atomic E-state index is 6.98. The molecule has 0 aliphatic heterocycles. The van der Waals surface area contributed by atoms with Crippen molar-refractivity contribution in [2.45, 2.75) is 77.0 Å². The average Bonchev–Trinajstić information content (AvgIpc) is 2.38. The smallest absolute Gasteiger partial charge is 0.0489 e. The van der Waals surface area contributed by atoms with E-state index in [1.807, 2.05) is 0 Å². The second kappa shape index (κ2) is 9.45. The van der Waals surface area contributed by atoms with E-state index in [-0.39, 0.29) is 4.87 Å². The summed E-state index contributed by atoms with van der Waals surface area (Å²) in [6.07, 6.45) is 9.87. The lowest BCUT2D eigenvalue weighted by Gasteiger charge is -2.29. The molecule has 0 saturated carbocycles. The zero-order valence-corrected chi connectivity index (χ0v) is 14.3. The van der Waals surface area contributed by atoms with Gasteiger partial charge in [-0.2, -0.15) is 0 Å². The molecule has 0 radical (unpaired) electrons. The van der Waals surface area contributed by atoms with Crippen molar-refractivity contribution >= 4 is 11.6 Å². The highest BCUT2D eigenvalue weighted by atomic mass is 35.5. The van der Waals surface area contributed by atoms with Gasteiger partial charge >= 0.3 is 0 Å². The molecule has 20 heavy (non-hydrogen) atoms. The summed E-state index contributed by atoms with van der Waals surface area (Å²) >= 11 is 6.98. The topological polar surface area (TPSA) is 0 Å². The normalized spacial score (nSPS) is 14.4. The predicted molar refractivity (Wildman–Crippen MR) is 91.6 cm³/mol. The largest absolute Gasteiger partial charge is 0.119 e. The molecule has 0 saturated heterocycles. The van der Waals surface area contributed by atoms with E-state index in [1.165, 1.54) is 37.7 Å². The van der Waals surface area contributed by atoms with Crippen LogP contribution in [0.25, 0.3) is 0 Å². The van der Waals surface area contributed by atoms with Crippen LogP contribution < -0.4 is 0 Å². The van der Waals surface area contributed by atoms with E-state index >= 15 is 0 Å². The molecule has 0 aliphatic rings. The van der Waals surface area contributed by atoms with Crippen LogP contribution in [-0.4, -0.2) is 4.87 Å². The standard InChI is InChI=1S/C19H31Cl/c1-4-5-6-7-11-14-19(20,15-17(2)3)16-18-12-9-8-10-13-18/h8-10,12-13,17H,4-7,11,14-16H2,1-3H3. The van der Waals surface area contributed by atoms with Gasteiger partial charge < -0.3 is 0 Å². The predicted octanol–water partition coefficient (Wildman–Crippen LogP) is 6.61. The van der Waals surface area contributed by atoms with Gasteiger partial charge in [0.25, 0.3) is 0 Å². The Morgan fingerprint density at radius 3 is 2.25 bits per heavy atom. The summed E-state index contributed by atoms with van der Waals surface area (Å²) in [7, 11) is 0. The van der Waals surface area contributed by atoms with Gasteiger partial charge in [-0.05, 0) is 30.7 Å². The van der Waals surface area contributed by atoms with E-state index in [0.717, 1.165) is 19.3 Å². The fraction of sp³-hybridized carbons (Fsp3) is 0.684. The number of unbranched alkanes of at least 4 members (excludes halogenated alkanes) is 4. The van der Waals surface area contributed by atoms with E-state index in [0.29, 0.717) is 5.92 Å². The van der Waals surface area contributed by atoms with E-state index < -0.39 is 0 Å². The average molecular weight is 295 g/mol. The molecule has 0 amide bonds. The highest BCUT2D eigenvalue weighted by Gasteiger charge is 2.28. The lowest BCUT2D eigenvalue weighted by Crippen LogP contribution is -2.27. The molecule has 0 aliphatic carbocycles. The zero-order valence-electron chi connectivity index (χ0n) is 13.5. The van der Waals surface area contributed by atoms with Gasteiger partial charge in [-0.3, -0.25) is 0 Å². The van der Waals surface area contributed by atoms with Gasteiger partial charge in [0.05, 0.1) is 0 Å². The maximum Gasteiger partial charge on any atom is 0.0489 e. The van der Waals surface area contributed by atoms with Crippen molar-refractivity contribution in [1.82, 2.24) is 0 Å². The molecule has 1 aromatic carbocycles. The van der Waals surface area contributed by atoms with Crippen molar-refractivity contribution in [3.8, 4) is 0 Å². The third kappa shape index (κ3) is 7.33. The minimum atomic E-state index is -0.0538. The van der Waals surface area contributed by atoms with Gasteiger partial charge in [-0.1, -0.05) is 83.2 Å². The van der Waals surface area contributed by atoms with Gasteiger partial charge in [0.1, 0.15) is 0 Å². The van der Waals surface area contributed by atoms with Crippen LogP contribution >= 0.6 is 11.6 Å². The molecule has 1 heteroatoms. The van der Waals surface area contributed by atoms with Gasteiger partial charge in [-0.15, -0.1) is 11.6 Å². The third-order valence-corrected chi connectivity index (χ3v) is 4.34. The van der Waals surface area contributed by atoms with E-state index in [4.69, 9.17) is 11.6 Å². The van der Waals surface area contributed by atoms with Crippen LogP contribution in [0.2, 0.25) is 0 Å². The molecule has 0 nitrogen and oxygen atoms in total. The number of hydrogen-bond donors (Lipinski definition) is 0. The molecule has 1 rings (SSSR count). The first-order valence-corrected chi connectivity index (χ1v) is 8.66. The third-order valence-electron chi connectivity index (χ3n) is 3.87. The van der Waals surface area contributed by atoms with E-state index in [2.05, 4.69) is 51.1 Å². The van der Waals surface area contributed by atoms with Crippen molar-refractivity contribution in [2.75, 3.05) is 0 Å². The number of alkyl halides is 1. The number of rotatable bonds is 10. The van der Waals surface area contributed by atoms with Crippen LogP contribution in [0, 0.1) is 5.92 Å². The summed E-state index contributed by atoms with van der Waals surface area (Å²) in [4.78, 5) is -0.0538. The Hall–Kier alpha value is -0.490. The molecule has 1 aromatic rings. The quantitative estimate of drug-likeness (QED) is 0.336. The summed E-state index contributed by atoms with van der Waals surface area (Å²) in [5.41, 5.74) is 1.37. The van der Waals surface area contributed by atoms with Crippen molar-refractivity contribution < 1.29 is 0 Å². The summed E-state index contributed by atoms with van der Waals surface area (Å²) in [6, 6.07) is 10.7. The minimum Gasteiger partial charge on any atom is -0.119 e. The first-order valence-electron chi connectivity index (χ1n) is 8.28. The molecule has 1 unspecified atom stereocenters. The Morgan fingerprint density at radius 1 is 1.00 bits per heavy atom. The second-order valence-corrected chi connectivity index (χ2v) is 7.38. The Labute approximate surface area is 130 Å². The maximum atomic E-state index is 6.98. The monoisotopic (exact) mass is 294 g/mol. The molecule has 0 spiro atoms. The SMILES string of the molecule is CCCCCCCC(Cl)(Cc1ccccc1)CC(C)C. The molecule has 0 bridgehead atoms. The van der Waals surface area contributed by atoms with Gasteiger partial charge in [0.15, 0.2) is 0 Å². The van der Waals surface area contributed by atoms with Crippen LogP contribution in [0.15, 0.2) is 30.3 Å². The van der Waals surface area contributed by atoms with Crippen LogP contribution in [-0.2, 0) is 6.42 Å². The van der Waals surface area contributed by atoms with Crippen LogP contribution in [0.5, 0.6) is 0 Å². The molecular formula is C19H31Cl. The number of halogens is 1. The van der Waals surface area contributed by atoms with Gasteiger partial charge in [0.2, 0.25) is 0 Å². The van der Waals surface area contributed by atoms with E-state index in [1.54, 1.807) is 0 Å². The molecule has 0 fully saturated rings. The highest BCUT2D eigenvalue weighted by Crippen LogP contribution is 2.34. The lowest BCUT2D eigenvalue weighted by atomic mass is 9.86. The molecule has 0 heterocycles. The molecular weight excluding hydrogens is 264 g/mol. The number of benzene rings is 1. The fourth-order valence-corrected chi connectivity index (χ4v) is 3.60. The molecule has 0 aromatic heterocycles. The summed E-state index contributed by atoms with van der Waals surface area (Å²) in [5, 5.41) is 0. The zero-order chi connectivity index (χ0) is 14.8.